The van der Waals surface area contributed by atoms with Crippen LogP contribution in [0.5, 0.6) is 0 Å². The van der Waals surface area contributed by atoms with Gasteiger partial charge in [0.05, 0.1) is 6.10 Å². The van der Waals surface area contributed by atoms with Crippen molar-refractivity contribution in [2.45, 2.75) is 45.6 Å². The Morgan fingerprint density at radius 2 is 1.89 bits per heavy atom. The Morgan fingerprint density at radius 3 is 2.63 bits per heavy atom. The number of likely N-dealkylation sites (N-methyl/N-ethyl adjacent to an activating group) is 1. The van der Waals surface area contributed by atoms with Gasteiger partial charge in [-0.05, 0) is 63.6 Å². The maximum Gasteiger partial charge on any atom is 0.0580 e. The van der Waals surface area contributed by atoms with Gasteiger partial charge in [-0.15, -0.1) is 0 Å². The molecule has 0 spiro atoms. The molecule has 0 radical (unpaired) electrons. The summed E-state index contributed by atoms with van der Waals surface area (Å²) >= 11 is 0. The molecular formula is C16H32N2O. The van der Waals surface area contributed by atoms with Crippen molar-refractivity contribution >= 4 is 0 Å². The van der Waals surface area contributed by atoms with E-state index in [1.807, 2.05) is 0 Å². The molecule has 1 aliphatic carbocycles. The van der Waals surface area contributed by atoms with E-state index in [9.17, 15) is 5.11 Å². The number of rotatable bonds is 3. The van der Waals surface area contributed by atoms with E-state index in [0.717, 1.165) is 24.8 Å². The highest BCUT2D eigenvalue weighted by atomic mass is 16.3. The minimum absolute atomic E-state index is 0.0593. The van der Waals surface area contributed by atoms with Crippen molar-refractivity contribution in [3.8, 4) is 0 Å². The first-order chi connectivity index (χ1) is 9.06. The smallest absolute Gasteiger partial charge is 0.0580 e. The van der Waals surface area contributed by atoms with Crippen LogP contribution in [-0.2, 0) is 0 Å². The number of hydrogen-bond acceptors (Lipinski definition) is 3. The van der Waals surface area contributed by atoms with Gasteiger partial charge in [-0.2, -0.15) is 0 Å². The minimum Gasteiger partial charge on any atom is -0.393 e. The lowest BCUT2D eigenvalue weighted by atomic mass is 9.74. The fraction of sp³-hybridized carbons (Fsp3) is 1.00. The van der Waals surface area contributed by atoms with Gasteiger partial charge < -0.3 is 14.9 Å². The molecule has 3 heteroatoms. The summed E-state index contributed by atoms with van der Waals surface area (Å²) in [4.78, 5) is 5.01. The van der Waals surface area contributed by atoms with Gasteiger partial charge in [0.2, 0.25) is 0 Å². The summed E-state index contributed by atoms with van der Waals surface area (Å²) in [6.45, 7) is 10.6. The van der Waals surface area contributed by atoms with Crippen LogP contribution in [0.25, 0.3) is 0 Å². The largest absolute Gasteiger partial charge is 0.393 e. The zero-order chi connectivity index (χ0) is 13.8. The van der Waals surface area contributed by atoms with E-state index in [1.54, 1.807) is 0 Å². The maximum atomic E-state index is 10.3. The fourth-order valence-electron chi connectivity index (χ4n) is 3.70. The summed E-state index contributed by atoms with van der Waals surface area (Å²) in [5, 5.41) is 10.3. The van der Waals surface area contributed by atoms with Crippen LogP contribution in [0, 0.1) is 17.8 Å². The number of nitrogens with zero attached hydrogens (tertiary/aromatic N) is 2. The molecule has 3 atom stereocenters. The van der Waals surface area contributed by atoms with E-state index in [1.165, 1.54) is 45.4 Å². The minimum atomic E-state index is -0.0593. The van der Waals surface area contributed by atoms with Crippen LogP contribution < -0.4 is 0 Å². The van der Waals surface area contributed by atoms with E-state index in [2.05, 4.69) is 30.7 Å². The summed E-state index contributed by atoms with van der Waals surface area (Å²) < 4.78 is 0. The van der Waals surface area contributed by atoms with Gasteiger partial charge in [0.25, 0.3) is 0 Å². The number of aliphatic hydroxyl groups is 1. The SMILES string of the molecule is CC(C)C1CCC(O)C(CN2CCCN(C)CC2)C1. The lowest BCUT2D eigenvalue weighted by Crippen LogP contribution is -2.41. The molecule has 3 unspecified atom stereocenters. The molecule has 1 saturated carbocycles. The molecule has 1 saturated heterocycles. The second-order valence-corrected chi connectivity index (χ2v) is 7.10. The summed E-state index contributed by atoms with van der Waals surface area (Å²) in [5.74, 6) is 2.10. The molecular weight excluding hydrogens is 236 g/mol. The van der Waals surface area contributed by atoms with E-state index in [-0.39, 0.29) is 6.10 Å². The molecule has 3 nitrogen and oxygen atoms in total. The average Bonchev–Trinajstić information content (AvgIpc) is 2.57. The molecule has 1 heterocycles. The second kappa shape index (κ2) is 7.05. The van der Waals surface area contributed by atoms with Crippen LogP contribution in [0.2, 0.25) is 0 Å². The molecule has 2 fully saturated rings. The summed E-state index contributed by atoms with van der Waals surface area (Å²) in [6.07, 6.45) is 4.67. The van der Waals surface area contributed by atoms with Crippen molar-refractivity contribution in [2.24, 2.45) is 17.8 Å². The van der Waals surface area contributed by atoms with Gasteiger partial charge in [0.1, 0.15) is 0 Å². The zero-order valence-corrected chi connectivity index (χ0v) is 13.0. The van der Waals surface area contributed by atoms with E-state index >= 15 is 0 Å². The molecule has 19 heavy (non-hydrogen) atoms. The third-order valence-electron chi connectivity index (χ3n) is 5.23. The molecule has 0 amide bonds. The average molecular weight is 268 g/mol. The van der Waals surface area contributed by atoms with Crippen LogP contribution in [0.1, 0.15) is 39.5 Å². The van der Waals surface area contributed by atoms with E-state index < -0.39 is 0 Å². The summed E-state index contributed by atoms with van der Waals surface area (Å²) in [6, 6.07) is 0. The van der Waals surface area contributed by atoms with Gasteiger partial charge in [-0.25, -0.2) is 0 Å². The standard InChI is InChI=1S/C16H32N2O/c1-13(2)14-5-6-16(19)15(11-14)12-18-8-4-7-17(3)9-10-18/h13-16,19H,4-12H2,1-3H3. The fourth-order valence-corrected chi connectivity index (χ4v) is 3.70. The van der Waals surface area contributed by atoms with Crippen LogP contribution in [0.15, 0.2) is 0 Å². The summed E-state index contributed by atoms with van der Waals surface area (Å²) in [5.41, 5.74) is 0. The lowest BCUT2D eigenvalue weighted by Gasteiger charge is -2.37. The highest BCUT2D eigenvalue weighted by Crippen LogP contribution is 2.34. The van der Waals surface area contributed by atoms with E-state index in [0.29, 0.717) is 5.92 Å². The topological polar surface area (TPSA) is 26.7 Å². The molecule has 0 bridgehead atoms. The second-order valence-electron chi connectivity index (χ2n) is 7.10. The van der Waals surface area contributed by atoms with E-state index in [4.69, 9.17) is 0 Å². The normalized spacial score (nSPS) is 35.5. The predicted molar refractivity (Wildman–Crippen MR) is 80.2 cm³/mol. The molecule has 1 aliphatic heterocycles. The highest BCUT2D eigenvalue weighted by Gasteiger charge is 2.31. The van der Waals surface area contributed by atoms with Crippen molar-refractivity contribution in [1.82, 2.24) is 9.80 Å². The van der Waals surface area contributed by atoms with Crippen LogP contribution >= 0.6 is 0 Å². The van der Waals surface area contributed by atoms with Crippen molar-refractivity contribution in [2.75, 3.05) is 39.8 Å². The zero-order valence-electron chi connectivity index (χ0n) is 13.0. The van der Waals surface area contributed by atoms with Crippen LogP contribution in [-0.4, -0.2) is 60.8 Å². The Balaban J connectivity index is 1.85. The molecule has 112 valence electrons. The third kappa shape index (κ3) is 4.44. The van der Waals surface area contributed by atoms with Crippen molar-refractivity contribution in [1.29, 1.82) is 0 Å². The van der Waals surface area contributed by atoms with Gasteiger partial charge in [-0.1, -0.05) is 13.8 Å². The molecule has 0 aromatic heterocycles. The number of aliphatic hydroxyl groups excluding tert-OH is 1. The third-order valence-corrected chi connectivity index (χ3v) is 5.23. The van der Waals surface area contributed by atoms with Gasteiger partial charge >= 0.3 is 0 Å². The first-order valence-corrected chi connectivity index (χ1v) is 8.15. The Labute approximate surface area is 119 Å². The first kappa shape index (κ1) is 15.3. The van der Waals surface area contributed by atoms with Crippen molar-refractivity contribution in [3.63, 3.8) is 0 Å². The molecule has 0 aromatic carbocycles. The first-order valence-electron chi connectivity index (χ1n) is 8.15. The molecule has 2 aliphatic rings. The Morgan fingerprint density at radius 1 is 1.11 bits per heavy atom. The number of hydrogen-bond donors (Lipinski definition) is 1. The van der Waals surface area contributed by atoms with Crippen molar-refractivity contribution < 1.29 is 5.11 Å². The highest BCUT2D eigenvalue weighted by molar-refractivity contribution is 4.84. The molecule has 2 rings (SSSR count). The predicted octanol–water partition coefficient (Wildman–Crippen LogP) is 2.06. The van der Waals surface area contributed by atoms with Crippen LogP contribution in [0.4, 0.5) is 0 Å². The lowest BCUT2D eigenvalue weighted by molar-refractivity contribution is 0.0192. The summed E-state index contributed by atoms with van der Waals surface area (Å²) in [7, 11) is 2.22. The quantitative estimate of drug-likeness (QED) is 0.849. The Bertz CT molecular complexity index is 269. The Kier molecular flexibility index (Phi) is 5.67. The Hall–Kier alpha value is -0.120. The van der Waals surface area contributed by atoms with Gasteiger partial charge in [0.15, 0.2) is 0 Å². The maximum absolute atomic E-state index is 10.3. The molecule has 1 N–H and O–H groups in total. The monoisotopic (exact) mass is 268 g/mol. The van der Waals surface area contributed by atoms with Crippen LogP contribution in [0.3, 0.4) is 0 Å². The molecule has 0 aromatic rings. The van der Waals surface area contributed by atoms with Gasteiger partial charge in [0, 0.05) is 19.6 Å². The van der Waals surface area contributed by atoms with Crippen molar-refractivity contribution in [3.05, 3.63) is 0 Å². The van der Waals surface area contributed by atoms with Gasteiger partial charge in [-0.3, -0.25) is 0 Å².